The van der Waals surface area contributed by atoms with Crippen LogP contribution in [0.25, 0.3) is 11.3 Å². The number of hydrogen-bond donors (Lipinski definition) is 1. The van der Waals surface area contributed by atoms with Gasteiger partial charge >= 0.3 is 0 Å². The quantitative estimate of drug-likeness (QED) is 0.446. The van der Waals surface area contributed by atoms with Crippen molar-refractivity contribution in [2.24, 2.45) is 0 Å². The van der Waals surface area contributed by atoms with Gasteiger partial charge in [0.2, 0.25) is 5.91 Å². The monoisotopic (exact) mass is 505 g/mol. The minimum Gasteiger partial charge on any atom is -0.451 e. The Morgan fingerprint density at radius 2 is 1.76 bits per heavy atom. The molecule has 0 bridgehead atoms. The minimum absolute atomic E-state index is 0.130. The molecular formula is C24H22Cl3N3O3. The average molecular weight is 507 g/mol. The fourth-order valence-corrected chi connectivity index (χ4v) is 4.35. The first-order chi connectivity index (χ1) is 15.9. The van der Waals surface area contributed by atoms with Crippen molar-refractivity contribution in [2.75, 3.05) is 36.4 Å². The minimum atomic E-state index is -0.414. The number of amides is 2. The molecule has 6 nitrogen and oxygen atoms in total. The molecule has 1 aromatic heterocycles. The number of carbonyl (C=O) groups excluding carboxylic acids is 2. The lowest BCUT2D eigenvalue weighted by atomic mass is 10.2. The number of benzene rings is 2. The fraction of sp³-hybridized carbons (Fsp3) is 0.250. The van der Waals surface area contributed by atoms with E-state index < -0.39 is 5.91 Å². The standard InChI is InChI=1S/C24H22Cl3N3O3/c1-2-22(31)30-12-10-29(11-13-30)19-7-6-15(25)14-18(19)28-24(32)21-9-8-20(33-21)16-4-3-5-17(26)23(16)27/h3-9,14H,2,10-13H2,1H3,(H,28,32). The van der Waals surface area contributed by atoms with Gasteiger partial charge < -0.3 is 19.5 Å². The summed E-state index contributed by atoms with van der Waals surface area (Å²) in [6.07, 6.45) is 0.494. The number of furan rings is 1. The van der Waals surface area contributed by atoms with Gasteiger partial charge in [-0.25, -0.2) is 0 Å². The molecule has 0 spiro atoms. The topological polar surface area (TPSA) is 65.8 Å². The van der Waals surface area contributed by atoms with Gasteiger partial charge in [-0.2, -0.15) is 0 Å². The fourth-order valence-electron chi connectivity index (χ4n) is 3.79. The Morgan fingerprint density at radius 1 is 1.00 bits per heavy atom. The van der Waals surface area contributed by atoms with Crippen molar-refractivity contribution in [3.05, 3.63) is 69.4 Å². The molecule has 4 rings (SSSR count). The molecule has 33 heavy (non-hydrogen) atoms. The third kappa shape index (κ3) is 5.13. The van der Waals surface area contributed by atoms with Crippen molar-refractivity contribution in [1.82, 2.24) is 4.90 Å². The maximum Gasteiger partial charge on any atom is 0.291 e. The smallest absolute Gasteiger partial charge is 0.291 e. The number of rotatable bonds is 5. The van der Waals surface area contributed by atoms with Gasteiger partial charge in [0.15, 0.2) is 5.76 Å². The number of nitrogens with one attached hydrogen (secondary N) is 1. The highest BCUT2D eigenvalue weighted by Gasteiger charge is 2.23. The van der Waals surface area contributed by atoms with Crippen LogP contribution in [0.1, 0.15) is 23.9 Å². The highest BCUT2D eigenvalue weighted by Crippen LogP contribution is 2.35. The SMILES string of the molecule is CCC(=O)N1CCN(c2ccc(Cl)cc2NC(=O)c2ccc(-c3cccc(Cl)c3Cl)o2)CC1. The number of anilines is 2. The molecule has 1 saturated heterocycles. The van der Waals surface area contributed by atoms with Crippen LogP contribution in [-0.4, -0.2) is 42.9 Å². The van der Waals surface area contributed by atoms with Crippen LogP contribution in [-0.2, 0) is 4.79 Å². The molecule has 1 aliphatic rings. The third-order valence-electron chi connectivity index (χ3n) is 5.53. The van der Waals surface area contributed by atoms with E-state index in [2.05, 4.69) is 10.2 Å². The Hall–Kier alpha value is -2.67. The predicted octanol–water partition coefficient (Wildman–Crippen LogP) is 6.22. The molecule has 9 heteroatoms. The summed E-state index contributed by atoms with van der Waals surface area (Å²) in [5.41, 5.74) is 2.01. The first-order valence-corrected chi connectivity index (χ1v) is 11.7. The number of halogens is 3. The number of hydrogen-bond acceptors (Lipinski definition) is 4. The zero-order chi connectivity index (χ0) is 23.5. The van der Waals surface area contributed by atoms with Gasteiger partial charge in [-0.05, 0) is 42.5 Å². The molecule has 0 atom stereocenters. The molecule has 1 aliphatic heterocycles. The van der Waals surface area contributed by atoms with Crippen molar-refractivity contribution in [1.29, 1.82) is 0 Å². The van der Waals surface area contributed by atoms with Crippen molar-refractivity contribution >= 4 is 58.0 Å². The lowest BCUT2D eigenvalue weighted by molar-refractivity contribution is -0.131. The molecule has 0 unspecified atom stereocenters. The third-order valence-corrected chi connectivity index (χ3v) is 6.58. The van der Waals surface area contributed by atoms with E-state index in [1.54, 1.807) is 42.5 Å². The van der Waals surface area contributed by atoms with Crippen LogP contribution in [0.3, 0.4) is 0 Å². The summed E-state index contributed by atoms with van der Waals surface area (Å²) in [6.45, 7) is 4.44. The summed E-state index contributed by atoms with van der Waals surface area (Å²) in [7, 11) is 0. The maximum absolute atomic E-state index is 13.0. The van der Waals surface area contributed by atoms with Crippen LogP contribution >= 0.6 is 34.8 Å². The molecular weight excluding hydrogens is 485 g/mol. The Kier molecular flexibility index (Phi) is 7.17. The van der Waals surface area contributed by atoms with E-state index >= 15 is 0 Å². The number of carbonyl (C=O) groups is 2. The molecule has 2 heterocycles. The Labute approximate surface area is 207 Å². The van der Waals surface area contributed by atoms with Gasteiger partial charge in [0.1, 0.15) is 5.76 Å². The molecule has 2 amide bonds. The van der Waals surface area contributed by atoms with E-state index in [-0.39, 0.29) is 11.7 Å². The average Bonchev–Trinajstić information content (AvgIpc) is 3.31. The van der Waals surface area contributed by atoms with Gasteiger partial charge in [0.05, 0.1) is 21.4 Å². The number of piperazine rings is 1. The van der Waals surface area contributed by atoms with E-state index in [0.29, 0.717) is 64.7 Å². The Balaban J connectivity index is 1.52. The second-order valence-corrected chi connectivity index (χ2v) is 8.82. The summed E-state index contributed by atoms with van der Waals surface area (Å²) in [6, 6.07) is 13.8. The Bertz CT molecular complexity index is 1190. The second-order valence-electron chi connectivity index (χ2n) is 7.60. The van der Waals surface area contributed by atoms with Crippen molar-refractivity contribution < 1.29 is 14.0 Å². The van der Waals surface area contributed by atoms with Gasteiger partial charge in [0.25, 0.3) is 5.91 Å². The van der Waals surface area contributed by atoms with E-state index in [4.69, 9.17) is 39.2 Å². The zero-order valence-corrected chi connectivity index (χ0v) is 20.2. The highest BCUT2D eigenvalue weighted by molar-refractivity contribution is 6.43. The van der Waals surface area contributed by atoms with Crippen LogP contribution in [0.4, 0.5) is 11.4 Å². The van der Waals surface area contributed by atoms with Crippen LogP contribution in [0.5, 0.6) is 0 Å². The zero-order valence-electron chi connectivity index (χ0n) is 17.9. The summed E-state index contributed by atoms with van der Waals surface area (Å²) < 4.78 is 5.76. The molecule has 0 saturated carbocycles. The molecule has 0 aliphatic carbocycles. The van der Waals surface area contributed by atoms with Gasteiger partial charge in [-0.1, -0.05) is 47.8 Å². The molecule has 1 N–H and O–H groups in total. The van der Waals surface area contributed by atoms with E-state index in [9.17, 15) is 9.59 Å². The van der Waals surface area contributed by atoms with Crippen LogP contribution < -0.4 is 10.2 Å². The highest BCUT2D eigenvalue weighted by atomic mass is 35.5. The molecule has 1 fully saturated rings. The summed E-state index contributed by atoms with van der Waals surface area (Å²) >= 11 is 18.6. The summed E-state index contributed by atoms with van der Waals surface area (Å²) in [5.74, 6) is 0.302. The first kappa shape index (κ1) is 23.5. The van der Waals surface area contributed by atoms with Gasteiger partial charge in [-0.15, -0.1) is 0 Å². The summed E-state index contributed by atoms with van der Waals surface area (Å²) in [4.78, 5) is 28.9. The first-order valence-electron chi connectivity index (χ1n) is 10.5. The molecule has 3 aromatic rings. The van der Waals surface area contributed by atoms with Gasteiger partial charge in [-0.3, -0.25) is 9.59 Å². The lowest BCUT2D eigenvalue weighted by Gasteiger charge is -2.37. The van der Waals surface area contributed by atoms with Crippen molar-refractivity contribution in [2.45, 2.75) is 13.3 Å². The number of nitrogens with zero attached hydrogens (tertiary/aromatic N) is 2. The van der Waals surface area contributed by atoms with Crippen LogP contribution in [0.2, 0.25) is 15.1 Å². The summed E-state index contributed by atoms with van der Waals surface area (Å²) in [5, 5.41) is 4.17. The van der Waals surface area contributed by atoms with E-state index in [1.807, 2.05) is 17.9 Å². The maximum atomic E-state index is 13.0. The van der Waals surface area contributed by atoms with Gasteiger partial charge in [0, 0.05) is 43.2 Å². The van der Waals surface area contributed by atoms with Crippen LogP contribution in [0.15, 0.2) is 52.9 Å². The largest absolute Gasteiger partial charge is 0.451 e. The van der Waals surface area contributed by atoms with Crippen molar-refractivity contribution in [3.63, 3.8) is 0 Å². The van der Waals surface area contributed by atoms with E-state index in [1.165, 1.54) is 0 Å². The molecule has 172 valence electrons. The normalized spacial score (nSPS) is 13.8. The molecule has 0 radical (unpaired) electrons. The van der Waals surface area contributed by atoms with E-state index in [0.717, 1.165) is 5.69 Å². The van der Waals surface area contributed by atoms with Crippen molar-refractivity contribution in [3.8, 4) is 11.3 Å². The second kappa shape index (κ2) is 10.1. The van der Waals surface area contributed by atoms with Crippen LogP contribution in [0, 0.1) is 0 Å². The lowest BCUT2D eigenvalue weighted by Crippen LogP contribution is -2.48. The molecule has 2 aromatic carbocycles. The predicted molar refractivity (Wildman–Crippen MR) is 133 cm³/mol. The Morgan fingerprint density at radius 3 is 2.48 bits per heavy atom.